The maximum atomic E-state index is 9.47. The molecule has 2 heteroatoms. The maximum Gasteiger partial charge on any atom is 0.0588 e. The van der Waals surface area contributed by atoms with E-state index >= 15 is 0 Å². The quantitative estimate of drug-likeness (QED) is 0.536. The predicted octanol–water partition coefficient (Wildman–Crippen LogP) is 1.77. The third-order valence-electron chi connectivity index (χ3n) is 3.23. The zero-order valence-corrected chi connectivity index (χ0v) is 6.93. The van der Waals surface area contributed by atoms with Gasteiger partial charge in [0.1, 0.15) is 0 Å². The highest BCUT2D eigenvalue weighted by Gasteiger charge is 2.64. The van der Waals surface area contributed by atoms with Gasteiger partial charge in [-0.3, -0.25) is 0 Å². The summed E-state index contributed by atoms with van der Waals surface area (Å²) in [4.78, 5) is 0. The summed E-state index contributed by atoms with van der Waals surface area (Å²) in [5.74, 6) is 0.405. The molecule has 58 valence electrons. The molecule has 0 spiro atoms. The van der Waals surface area contributed by atoms with E-state index in [0.717, 1.165) is 12.8 Å². The van der Waals surface area contributed by atoms with Crippen LogP contribution >= 0.6 is 11.6 Å². The van der Waals surface area contributed by atoms with E-state index in [4.69, 9.17) is 11.6 Å². The molecular weight excluding hydrogens is 148 g/mol. The Balaban J connectivity index is 2.13. The smallest absolute Gasteiger partial charge is 0.0588 e. The molecule has 0 aromatic carbocycles. The molecule has 1 nitrogen and oxygen atoms in total. The second-order valence-electron chi connectivity index (χ2n) is 3.89. The predicted molar refractivity (Wildman–Crippen MR) is 41.1 cm³/mol. The van der Waals surface area contributed by atoms with Gasteiger partial charge in [-0.1, -0.05) is 13.3 Å². The standard InChI is InChI=1S/C8H13ClO/c1-8-4-2-3-5(10)6(8)7(8)9/h5-7,10H,2-4H2,1H3/t5-,6+,7+,8+/m1/s1. The van der Waals surface area contributed by atoms with Gasteiger partial charge in [-0.25, -0.2) is 0 Å². The van der Waals surface area contributed by atoms with Crippen molar-refractivity contribution in [2.45, 2.75) is 37.7 Å². The van der Waals surface area contributed by atoms with E-state index in [9.17, 15) is 5.11 Å². The summed E-state index contributed by atoms with van der Waals surface area (Å²) in [6.45, 7) is 2.19. The van der Waals surface area contributed by atoms with Crippen LogP contribution < -0.4 is 0 Å². The van der Waals surface area contributed by atoms with Gasteiger partial charge in [0.25, 0.3) is 0 Å². The molecule has 0 amide bonds. The summed E-state index contributed by atoms with van der Waals surface area (Å²) in [6, 6.07) is 0. The average molecular weight is 161 g/mol. The lowest BCUT2D eigenvalue weighted by atomic mass is 9.88. The summed E-state index contributed by atoms with van der Waals surface area (Å²) < 4.78 is 0. The summed E-state index contributed by atoms with van der Waals surface area (Å²) in [6.07, 6.45) is 3.21. The van der Waals surface area contributed by atoms with E-state index in [1.54, 1.807) is 0 Å². The highest BCUT2D eigenvalue weighted by atomic mass is 35.5. The van der Waals surface area contributed by atoms with Gasteiger partial charge >= 0.3 is 0 Å². The molecule has 2 aliphatic carbocycles. The topological polar surface area (TPSA) is 20.2 Å². The lowest BCUT2D eigenvalue weighted by Gasteiger charge is -2.20. The van der Waals surface area contributed by atoms with Crippen molar-refractivity contribution in [1.82, 2.24) is 0 Å². The van der Waals surface area contributed by atoms with E-state index in [2.05, 4.69) is 6.92 Å². The van der Waals surface area contributed by atoms with E-state index in [1.165, 1.54) is 6.42 Å². The van der Waals surface area contributed by atoms with E-state index in [-0.39, 0.29) is 11.5 Å². The molecule has 1 N–H and O–H groups in total. The highest BCUT2D eigenvalue weighted by Crippen LogP contribution is 2.63. The lowest BCUT2D eigenvalue weighted by molar-refractivity contribution is 0.0977. The molecule has 0 aliphatic heterocycles. The van der Waals surface area contributed by atoms with Crippen LogP contribution in [-0.4, -0.2) is 16.6 Å². The average Bonchev–Trinajstić information content (AvgIpc) is 2.38. The maximum absolute atomic E-state index is 9.47. The number of rotatable bonds is 0. The number of hydrogen-bond donors (Lipinski definition) is 1. The fourth-order valence-electron chi connectivity index (χ4n) is 2.35. The summed E-state index contributed by atoms with van der Waals surface area (Å²) in [7, 11) is 0. The van der Waals surface area contributed by atoms with Crippen LogP contribution in [0.1, 0.15) is 26.2 Å². The second kappa shape index (κ2) is 1.89. The van der Waals surface area contributed by atoms with Crippen LogP contribution in [0.25, 0.3) is 0 Å². The Hall–Kier alpha value is 0.250. The van der Waals surface area contributed by atoms with Crippen molar-refractivity contribution in [2.75, 3.05) is 0 Å². The molecule has 2 saturated carbocycles. The van der Waals surface area contributed by atoms with Gasteiger partial charge in [0, 0.05) is 11.3 Å². The van der Waals surface area contributed by atoms with E-state index < -0.39 is 0 Å². The number of fused-ring (bicyclic) bond motifs is 1. The van der Waals surface area contributed by atoms with E-state index in [0.29, 0.717) is 11.3 Å². The monoisotopic (exact) mass is 160 g/mol. The first-order chi connectivity index (χ1) is 4.66. The van der Waals surface area contributed by atoms with Crippen LogP contribution in [0.4, 0.5) is 0 Å². The van der Waals surface area contributed by atoms with Gasteiger partial charge in [-0.05, 0) is 18.3 Å². The molecule has 0 unspecified atom stereocenters. The lowest BCUT2D eigenvalue weighted by Crippen LogP contribution is -2.19. The molecule has 0 aromatic rings. The molecule has 0 aromatic heterocycles. The number of alkyl halides is 1. The Morgan fingerprint density at radius 1 is 1.60 bits per heavy atom. The number of aliphatic hydroxyl groups excluding tert-OH is 1. The normalized spacial score (nSPS) is 59.7. The number of aliphatic hydroxyl groups is 1. The molecule has 2 rings (SSSR count). The van der Waals surface area contributed by atoms with Crippen LogP contribution in [-0.2, 0) is 0 Å². The number of halogens is 1. The Bertz CT molecular complexity index is 155. The van der Waals surface area contributed by atoms with Gasteiger partial charge in [0.15, 0.2) is 0 Å². The van der Waals surface area contributed by atoms with Crippen LogP contribution in [0.15, 0.2) is 0 Å². The van der Waals surface area contributed by atoms with Gasteiger partial charge in [0.2, 0.25) is 0 Å². The minimum atomic E-state index is -0.110. The highest BCUT2D eigenvalue weighted by molar-refractivity contribution is 6.23. The Kier molecular flexibility index (Phi) is 1.31. The largest absolute Gasteiger partial charge is 0.393 e. The second-order valence-corrected chi connectivity index (χ2v) is 4.36. The molecule has 2 fully saturated rings. The van der Waals surface area contributed by atoms with Crippen molar-refractivity contribution in [1.29, 1.82) is 0 Å². The van der Waals surface area contributed by atoms with Crippen LogP contribution in [0.5, 0.6) is 0 Å². The summed E-state index contributed by atoms with van der Waals surface area (Å²) in [5.41, 5.74) is 0.291. The molecule has 0 saturated heterocycles. The first-order valence-electron chi connectivity index (χ1n) is 3.98. The summed E-state index contributed by atoms with van der Waals surface area (Å²) >= 11 is 6.03. The minimum absolute atomic E-state index is 0.110. The van der Waals surface area contributed by atoms with Crippen molar-refractivity contribution >= 4 is 11.6 Å². The van der Waals surface area contributed by atoms with Crippen LogP contribution in [0.2, 0.25) is 0 Å². The Labute approximate surface area is 66.4 Å². The SMILES string of the molecule is C[C@]12CCC[C@@H](O)[C@H]1[C@@H]2Cl. The third-order valence-corrected chi connectivity index (χ3v) is 4.00. The molecule has 0 bridgehead atoms. The third kappa shape index (κ3) is 0.680. The molecular formula is C8H13ClO. The molecule has 4 atom stereocenters. The van der Waals surface area contributed by atoms with Gasteiger partial charge in [-0.15, -0.1) is 11.6 Å². The zero-order valence-electron chi connectivity index (χ0n) is 6.18. The van der Waals surface area contributed by atoms with Crippen LogP contribution in [0.3, 0.4) is 0 Å². The van der Waals surface area contributed by atoms with Gasteiger partial charge in [-0.2, -0.15) is 0 Å². The van der Waals surface area contributed by atoms with Crippen molar-refractivity contribution in [2.24, 2.45) is 11.3 Å². The first-order valence-corrected chi connectivity index (χ1v) is 4.42. The van der Waals surface area contributed by atoms with E-state index in [1.807, 2.05) is 0 Å². The van der Waals surface area contributed by atoms with Crippen molar-refractivity contribution < 1.29 is 5.11 Å². The Morgan fingerprint density at radius 2 is 2.30 bits per heavy atom. The van der Waals surface area contributed by atoms with Crippen molar-refractivity contribution in [3.63, 3.8) is 0 Å². The van der Waals surface area contributed by atoms with Crippen molar-refractivity contribution in [3.05, 3.63) is 0 Å². The molecule has 0 heterocycles. The fourth-order valence-corrected chi connectivity index (χ4v) is 2.99. The minimum Gasteiger partial charge on any atom is -0.393 e. The number of hydrogen-bond acceptors (Lipinski definition) is 1. The van der Waals surface area contributed by atoms with Gasteiger partial charge < -0.3 is 5.11 Å². The fraction of sp³-hybridized carbons (Fsp3) is 1.00. The zero-order chi connectivity index (χ0) is 7.35. The Morgan fingerprint density at radius 3 is 2.80 bits per heavy atom. The van der Waals surface area contributed by atoms with Crippen LogP contribution in [0, 0.1) is 11.3 Å². The first kappa shape index (κ1) is 6.93. The molecule has 10 heavy (non-hydrogen) atoms. The molecule has 2 aliphatic rings. The van der Waals surface area contributed by atoms with Gasteiger partial charge in [0.05, 0.1) is 6.10 Å². The van der Waals surface area contributed by atoms with Crippen molar-refractivity contribution in [3.8, 4) is 0 Å². The molecule has 0 radical (unpaired) electrons. The summed E-state index contributed by atoms with van der Waals surface area (Å²) in [5, 5.41) is 9.73.